The Hall–Kier alpha value is -3.84. The highest BCUT2D eigenvalue weighted by atomic mass is 35.5. The topological polar surface area (TPSA) is 65.8 Å². The number of benzene rings is 4. The summed E-state index contributed by atoms with van der Waals surface area (Å²) in [4.78, 5) is 21.7. The molecule has 6 rings (SSSR count). The van der Waals surface area contributed by atoms with Crippen LogP contribution in [0.3, 0.4) is 0 Å². The summed E-state index contributed by atoms with van der Waals surface area (Å²) in [6.45, 7) is 8.85. The number of hydrogen-bond donors (Lipinski definition) is 2. The van der Waals surface area contributed by atoms with E-state index in [-0.39, 0.29) is 12.5 Å². The van der Waals surface area contributed by atoms with Gasteiger partial charge in [-0.15, -0.1) is 0 Å². The van der Waals surface area contributed by atoms with E-state index < -0.39 is 0 Å². The van der Waals surface area contributed by atoms with E-state index in [9.17, 15) is 4.79 Å². The number of carbonyl (C=O) groups excluding carboxylic acids is 1. The van der Waals surface area contributed by atoms with Gasteiger partial charge in [0.25, 0.3) is 0 Å². The highest BCUT2D eigenvalue weighted by Crippen LogP contribution is 2.30. The molecule has 0 aliphatic carbocycles. The third-order valence-corrected chi connectivity index (χ3v) is 8.24. The molecule has 0 fully saturated rings. The molecule has 2 aliphatic heterocycles. The summed E-state index contributed by atoms with van der Waals surface area (Å²) in [5.41, 5.74) is 11.9. The number of amides is 1. The van der Waals surface area contributed by atoms with E-state index in [1.165, 1.54) is 11.1 Å². The van der Waals surface area contributed by atoms with Gasteiger partial charge in [-0.2, -0.15) is 0 Å². The number of aliphatic imine (C=N–C) groups is 2. The second-order valence-corrected chi connectivity index (χ2v) is 11.7. The van der Waals surface area contributed by atoms with E-state index in [1.54, 1.807) is 0 Å². The molecule has 0 saturated heterocycles. The van der Waals surface area contributed by atoms with Gasteiger partial charge in [0, 0.05) is 38.0 Å². The Morgan fingerprint density at radius 2 is 1.05 bits per heavy atom. The number of benzodiazepines with no additional fused rings is 2. The fourth-order valence-corrected chi connectivity index (χ4v) is 5.47. The van der Waals surface area contributed by atoms with E-state index >= 15 is 0 Å². The Kier molecular flexibility index (Phi) is 8.88. The molecule has 42 heavy (non-hydrogen) atoms. The van der Waals surface area contributed by atoms with Crippen LogP contribution >= 0.6 is 35.4 Å². The average molecular weight is 614 g/mol. The Morgan fingerprint density at radius 1 is 0.619 bits per heavy atom. The molecule has 5 nitrogen and oxygen atoms in total. The summed E-state index contributed by atoms with van der Waals surface area (Å²) in [7, 11) is 0. The zero-order chi connectivity index (χ0) is 30.0. The lowest BCUT2D eigenvalue weighted by Gasteiger charge is -2.14. The first-order valence-electron chi connectivity index (χ1n) is 13.5. The molecule has 0 saturated carbocycles. The second-order valence-electron chi connectivity index (χ2n) is 10.3. The molecule has 2 heterocycles. The molecule has 0 atom stereocenters. The number of rotatable bonds is 2. The maximum Gasteiger partial charge on any atom is 0.246 e. The summed E-state index contributed by atoms with van der Waals surface area (Å²) >= 11 is 18.0. The van der Waals surface area contributed by atoms with Crippen molar-refractivity contribution in [3.05, 3.63) is 127 Å². The van der Waals surface area contributed by atoms with Crippen molar-refractivity contribution in [3.8, 4) is 0 Å². The van der Waals surface area contributed by atoms with Crippen LogP contribution in [-0.2, 0) is 4.79 Å². The molecule has 2 N–H and O–H groups in total. The minimum Gasteiger partial charge on any atom is -0.348 e. The van der Waals surface area contributed by atoms with Crippen LogP contribution in [0.1, 0.15) is 44.5 Å². The normalized spacial score (nSPS) is 14.0. The molecular weight excluding hydrogens is 583 g/mol. The third kappa shape index (κ3) is 6.31. The van der Waals surface area contributed by atoms with Crippen LogP contribution < -0.4 is 10.6 Å². The first-order valence-corrected chi connectivity index (χ1v) is 14.7. The minimum atomic E-state index is -0.110. The molecule has 8 heteroatoms. The average Bonchev–Trinajstić information content (AvgIpc) is 3.20. The highest BCUT2D eigenvalue weighted by Gasteiger charge is 2.21. The van der Waals surface area contributed by atoms with E-state index in [2.05, 4.69) is 52.7 Å². The lowest BCUT2D eigenvalue weighted by Crippen LogP contribution is -2.13. The monoisotopic (exact) mass is 612 g/mol. The van der Waals surface area contributed by atoms with Gasteiger partial charge >= 0.3 is 0 Å². The van der Waals surface area contributed by atoms with Crippen LogP contribution in [-0.4, -0.2) is 35.4 Å². The molecule has 0 unspecified atom stereocenters. The zero-order valence-corrected chi connectivity index (χ0v) is 26.1. The predicted octanol–water partition coefficient (Wildman–Crippen LogP) is 8.29. The van der Waals surface area contributed by atoms with Gasteiger partial charge in [0.05, 0.1) is 23.7 Å². The van der Waals surface area contributed by atoms with Gasteiger partial charge in [0.15, 0.2) is 0 Å². The maximum atomic E-state index is 11.9. The number of halogens is 2. The first-order chi connectivity index (χ1) is 20.1. The molecule has 0 bridgehead atoms. The predicted molar refractivity (Wildman–Crippen MR) is 181 cm³/mol. The Bertz CT molecular complexity index is 1660. The fourth-order valence-electron chi connectivity index (χ4n) is 4.85. The van der Waals surface area contributed by atoms with Gasteiger partial charge in [0.2, 0.25) is 5.91 Å². The lowest BCUT2D eigenvalue weighted by molar-refractivity contribution is -0.114. The van der Waals surface area contributed by atoms with Crippen molar-refractivity contribution in [2.75, 3.05) is 23.7 Å². The van der Waals surface area contributed by atoms with Gasteiger partial charge in [-0.05, 0) is 86.3 Å². The van der Waals surface area contributed by atoms with Crippen molar-refractivity contribution >= 4 is 69.1 Å². The Morgan fingerprint density at radius 3 is 1.55 bits per heavy atom. The molecule has 4 aromatic carbocycles. The van der Waals surface area contributed by atoms with E-state index in [0.29, 0.717) is 16.6 Å². The summed E-state index contributed by atoms with van der Waals surface area (Å²) in [6, 6.07) is 23.6. The zero-order valence-electron chi connectivity index (χ0n) is 23.8. The van der Waals surface area contributed by atoms with Crippen LogP contribution in [0, 0.1) is 27.7 Å². The number of anilines is 2. The van der Waals surface area contributed by atoms with Gasteiger partial charge in [0.1, 0.15) is 11.5 Å². The Balaban J connectivity index is 0.000000168. The van der Waals surface area contributed by atoms with Crippen molar-refractivity contribution in [3.63, 3.8) is 0 Å². The first kappa shape index (κ1) is 29.6. The van der Waals surface area contributed by atoms with Crippen LogP contribution in [0.25, 0.3) is 0 Å². The largest absolute Gasteiger partial charge is 0.348 e. The number of aryl methyl sites for hydroxylation is 4. The number of nitrogens with one attached hydrogen (secondary N) is 2. The van der Waals surface area contributed by atoms with E-state index in [1.807, 2.05) is 68.4 Å². The fraction of sp³-hybridized carbons (Fsp3) is 0.176. The quantitative estimate of drug-likeness (QED) is 0.224. The van der Waals surface area contributed by atoms with E-state index in [4.69, 9.17) is 35.4 Å². The van der Waals surface area contributed by atoms with Gasteiger partial charge in [-0.25, -0.2) is 0 Å². The molecule has 2 aliphatic rings. The Labute approximate surface area is 261 Å². The molecular formula is C34H30Cl2N4OS. The molecule has 0 radical (unpaired) electrons. The number of nitrogens with zero attached hydrogens (tertiary/aromatic N) is 2. The van der Waals surface area contributed by atoms with Crippen LogP contribution in [0.15, 0.2) is 82.8 Å². The van der Waals surface area contributed by atoms with Gasteiger partial charge < -0.3 is 10.6 Å². The summed E-state index contributed by atoms with van der Waals surface area (Å²) in [5.74, 6) is -0.110. The maximum absolute atomic E-state index is 11.9. The van der Waals surface area contributed by atoms with Crippen LogP contribution in [0.2, 0.25) is 10.0 Å². The molecule has 1 amide bonds. The summed E-state index contributed by atoms with van der Waals surface area (Å²) in [6.07, 6.45) is 0. The lowest BCUT2D eigenvalue weighted by atomic mass is 9.96. The molecule has 212 valence electrons. The SMILES string of the molecule is Cc1cc2c(cc1C)C(c1ccccc1Cl)=NCC(=O)N2.Cc1cc2c(cc1C)C(c1ccccc1Cl)=NCC(=S)N2. The molecule has 0 spiro atoms. The van der Waals surface area contributed by atoms with Crippen LogP contribution in [0.4, 0.5) is 11.4 Å². The van der Waals surface area contributed by atoms with Gasteiger partial charge in [-0.3, -0.25) is 14.8 Å². The molecule has 0 aromatic heterocycles. The number of hydrogen-bond acceptors (Lipinski definition) is 4. The van der Waals surface area contributed by atoms with Gasteiger partial charge in [-0.1, -0.05) is 71.8 Å². The number of thiocarbonyl (C=S) groups is 1. The minimum absolute atomic E-state index is 0.104. The van der Waals surface area contributed by atoms with Crippen molar-refractivity contribution < 1.29 is 4.79 Å². The molecule has 4 aromatic rings. The van der Waals surface area contributed by atoms with Crippen molar-refractivity contribution in [2.45, 2.75) is 27.7 Å². The summed E-state index contributed by atoms with van der Waals surface area (Å²) < 4.78 is 0. The highest BCUT2D eigenvalue weighted by molar-refractivity contribution is 7.80. The van der Waals surface area contributed by atoms with Crippen LogP contribution in [0.5, 0.6) is 0 Å². The third-order valence-electron chi connectivity index (χ3n) is 7.35. The number of fused-ring (bicyclic) bond motifs is 2. The van der Waals surface area contributed by atoms with Crippen molar-refractivity contribution in [1.82, 2.24) is 0 Å². The van der Waals surface area contributed by atoms with E-state index in [0.717, 1.165) is 61.2 Å². The van der Waals surface area contributed by atoms with Crippen molar-refractivity contribution in [1.29, 1.82) is 0 Å². The number of carbonyl (C=O) groups is 1. The summed E-state index contributed by atoms with van der Waals surface area (Å²) in [5, 5.41) is 7.53. The second kappa shape index (κ2) is 12.6. The smallest absolute Gasteiger partial charge is 0.246 e. The van der Waals surface area contributed by atoms with Crippen molar-refractivity contribution in [2.24, 2.45) is 9.98 Å². The standard InChI is InChI=1S/C17H15ClN2O.C17H15ClN2S/c2*1-10-7-13-15(8-11(10)2)20-16(21)9-19-17(13)12-5-3-4-6-14(12)18/h2*3-8H,9H2,1-2H3,(H,20,21).